The summed E-state index contributed by atoms with van der Waals surface area (Å²) in [7, 11) is 0. The number of nitrogens with one attached hydrogen (secondary N) is 2. The number of aromatic nitrogens is 2. The number of nitrogens with zero attached hydrogens (tertiary/aromatic N) is 1. The van der Waals surface area contributed by atoms with E-state index < -0.39 is 11.8 Å². The summed E-state index contributed by atoms with van der Waals surface area (Å²) in [6.45, 7) is 2.27. The van der Waals surface area contributed by atoms with Gasteiger partial charge in [-0.1, -0.05) is 0 Å². The highest BCUT2D eigenvalue weighted by Crippen LogP contribution is 2.35. The SMILES string of the molecule is Cc1c[nH]c2c(CN[C@H]3CCC(F)(F)C3)cc(C(N)=O)nc12. The molecule has 1 atom stereocenters. The van der Waals surface area contributed by atoms with E-state index in [-0.39, 0.29) is 24.6 Å². The van der Waals surface area contributed by atoms with Gasteiger partial charge in [-0.3, -0.25) is 4.79 Å². The number of hydrogen-bond acceptors (Lipinski definition) is 3. The maximum absolute atomic E-state index is 13.2. The van der Waals surface area contributed by atoms with Crippen LogP contribution in [0.4, 0.5) is 8.78 Å². The number of hydrogen-bond donors (Lipinski definition) is 3. The van der Waals surface area contributed by atoms with Crippen LogP contribution in [0, 0.1) is 6.92 Å². The van der Waals surface area contributed by atoms with Crippen molar-refractivity contribution in [2.24, 2.45) is 5.73 Å². The monoisotopic (exact) mass is 308 g/mol. The van der Waals surface area contributed by atoms with E-state index in [4.69, 9.17) is 5.73 Å². The van der Waals surface area contributed by atoms with Gasteiger partial charge in [0, 0.05) is 31.6 Å². The van der Waals surface area contributed by atoms with Crippen molar-refractivity contribution in [3.05, 3.63) is 29.1 Å². The van der Waals surface area contributed by atoms with Crippen LogP contribution < -0.4 is 11.1 Å². The first-order valence-corrected chi connectivity index (χ1v) is 7.24. The lowest BCUT2D eigenvalue weighted by Crippen LogP contribution is -2.28. The second kappa shape index (κ2) is 5.31. The van der Waals surface area contributed by atoms with Gasteiger partial charge in [-0.05, 0) is 30.5 Å². The van der Waals surface area contributed by atoms with Gasteiger partial charge in [0.15, 0.2) is 0 Å². The Kier molecular flexibility index (Phi) is 3.60. The second-order valence-electron chi connectivity index (χ2n) is 5.90. The molecule has 2 aromatic rings. The first-order chi connectivity index (χ1) is 10.4. The molecule has 5 nitrogen and oxygen atoms in total. The van der Waals surface area contributed by atoms with Crippen LogP contribution in [0.5, 0.6) is 0 Å². The minimum Gasteiger partial charge on any atom is -0.364 e. The Morgan fingerprint density at radius 1 is 1.59 bits per heavy atom. The number of aryl methyl sites for hydroxylation is 1. The lowest BCUT2D eigenvalue weighted by molar-refractivity contribution is 0.00687. The number of pyridine rings is 1. The van der Waals surface area contributed by atoms with E-state index in [9.17, 15) is 13.6 Å². The van der Waals surface area contributed by atoms with E-state index in [0.717, 1.165) is 16.6 Å². The highest BCUT2D eigenvalue weighted by Gasteiger charge is 2.39. The van der Waals surface area contributed by atoms with Crippen LogP contribution in [-0.4, -0.2) is 27.8 Å². The van der Waals surface area contributed by atoms with Gasteiger partial charge in [-0.2, -0.15) is 0 Å². The minimum atomic E-state index is -2.58. The fourth-order valence-electron chi connectivity index (χ4n) is 2.94. The quantitative estimate of drug-likeness (QED) is 0.810. The molecule has 0 unspecified atom stereocenters. The zero-order chi connectivity index (χ0) is 15.9. The molecule has 2 heterocycles. The van der Waals surface area contributed by atoms with Gasteiger partial charge in [0.05, 0.1) is 11.0 Å². The molecule has 4 N–H and O–H groups in total. The number of primary amides is 1. The Morgan fingerprint density at radius 2 is 2.36 bits per heavy atom. The molecule has 118 valence electrons. The van der Waals surface area contributed by atoms with Crippen LogP contribution in [-0.2, 0) is 6.54 Å². The average molecular weight is 308 g/mol. The molecule has 0 saturated heterocycles. The van der Waals surface area contributed by atoms with Crippen LogP contribution in [0.1, 0.15) is 40.9 Å². The molecule has 2 aromatic heterocycles. The minimum absolute atomic E-state index is 0.0788. The summed E-state index contributed by atoms with van der Waals surface area (Å²) in [5, 5.41) is 3.14. The molecule has 0 spiro atoms. The Labute approximate surface area is 126 Å². The molecular weight excluding hydrogens is 290 g/mol. The van der Waals surface area contributed by atoms with Crippen molar-refractivity contribution in [2.45, 2.75) is 44.7 Å². The molecule has 0 radical (unpaired) electrons. The molecular formula is C15H18F2N4O. The molecule has 1 aliphatic carbocycles. The van der Waals surface area contributed by atoms with Crippen molar-refractivity contribution in [2.75, 3.05) is 0 Å². The highest BCUT2D eigenvalue weighted by molar-refractivity contribution is 5.94. The van der Waals surface area contributed by atoms with Gasteiger partial charge < -0.3 is 16.0 Å². The number of alkyl halides is 2. The van der Waals surface area contributed by atoms with Gasteiger partial charge in [0.1, 0.15) is 5.69 Å². The molecule has 22 heavy (non-hydrogen) atoms. The fraction of sp³-hybridized carbons (Fsp3) is 0.467. The summed E-state index contributed by atoms with van der Waals surface area (Å²) < 4.78 is 26.5. The van der Waals surface area contributed by atoms with E-state index >= 15 is 0 Å². The molecule has 0 bridgehead atoms. The van der Waals surface area contributed by atoms with Crippen molar-refractivity contribution >= 4 is 16.9 Å². The Bertz CT molecular complexity index is 726. The second-order valence-corrected chi connectivity index (χ2v) is 5.90. The summed E-state index contributed by atoms with van der Waals surface area (Å²) in [5.41, 5.74) is 8.71. The maximum Gasteiger partial charge on any atom is 0.267 e. The third-order valence-corrected chi connectivity index (χ3v) is 4.14. The normalized spacial score (nSPS) is 20.6. The highest BCUT2D eigenvalue weighted by atomic mass is 19.3. The number of fused-ring (bicyclic) bond motifs is 1. The van der Waals surface area contributed by atoms with Crippen molar-refractivity contribution in [1.82, 2.24) is 15.3 Å². The predicted octanol–water partition coefficient (Wildman–Crippen LogP) is 2.25. The molecule has 1 aliphatic rings. The predicted molar refractivity (Wildman–Crippen MR) is 78.8 cm³/mol. The number of carbonyl (C=O) groups is 1. The number of H-pyrrole nitrogens is 1. The van der Waals surface area contributed by atoms with Crippen LogP contribution in [0.15, 0.2) is 12.3 Å². The molecule has 1 amide bonds. The summed E-state index contributed by atoms with van der Waals surface area (Å²) >= 11 is 0. The molecule has 0 aliphatic heterocycles. The zero-order valence-electron chi connectivity index (χ0n) is 12.2. The lowest BCUT2D eigenvalue weighted by atomic mass is 10.1. The van der Waals surface area contributed by atoms with Crippen LogP contribution >= 0.6 is 0 Å². The number of amides is 1. The van der Waals surface area contributed by atoms with Crippen molar-refractivity contribution in [3.8, 4) is 0 Å². The Balaban J connectivity index is 1.85. The molecule has 1 fully saturated rings. The van der Waals surface area contributed by atoms with Crippen LogP contribution in [0.3, 0.4) is 0 Å². The average Bonchev–Trinajstić information content (AvgIpc) is 2.99. The first-order valence-electron chi connectivity index (χ1n) is 7.24. The van der Waals surface area contributed by atoms with Crippen molar-refractivity contribution in [1.29, 1.82) is 0 Å². The summed E-state index contributed by atoms with van der Waals surface area (Å²) in [5.74, 6) is -3.18. The van der Waals surface area contributed by atoms with Gasteiger partial charge in [0.2, 0.25) is 5.92 Å². The molecule has 7 heteroatoms. The van der Waals surface area contributed by atoms with E-state index in [2.05, 4.69) is 15.3 Å². The van der Waals surface area contributed by atoms with Crippen molar-refractivity contribution in [3.63, 3.8) is 0 Å². The largest absolute Gasteiger partial charge is 0.364 e. The van der Waals surface area contributed by atoms with Gasteiger partial charge in [-0.15, -0.1) is 0 Å². The van der Waals surface area contributed by atoms with Crippen LogP contribution in [0.2, 0.25) is 0 Å². The van der Waals surface area contributed by atoms with E-state index in [1.807, 2.05) is 6.92 Å². The zero-order valence-corrected chi connectivity index (χ0v) is 12.2. The maximum atomic E-state index is 13.2. The molecule has 1 saturated carbocycles. The number of halogens is 2. The topological polar surface area (TPSA) is 83.8 Å². The number of rotatable bonds is 4. The van der Waals surface area contributed by atoms with E-state index in [1.165, 1.54) is 0 Å². The summed E-state index contributed by atoms with van der Waals surface area (Å²) in [6, 6.07) is 1.40. The Morgan fingerprint density at radius 3 is 3.00 bits per heavy atom. The summed E-state index contributed by atoms with van der Waals surface area (Å²) in [4.78, 5) is 18.8. The number of nitrogens with two attached hydrogens (primary N) is 1. The fourth-order valence-corrected chi connectivity index (χ4v) is 2.94. The van der Waals surface area contributed by atoms with E-state index in [0.29, 0.717) is 18.5 Å². The standard InChI is InChI=1S/C15H18F2N4O/c1-8-6-20-13-9(4-11(14(18)22)21-12(8)13)7-19-10-2-3-15(16,17)5-10/h4,6,10,19-20H,2-3,5,7H2,1H3,(H2,18,22)/t10-/m0/s1. The number of carbonyl (C=O) groups excluding carboxylic acids is 1. The number of aromatic amines is 1. The van der Waals surface area contributed by atoms with E-state index in [1.54, 1.807) is 12.3 Å². The van der Waals surface area contributed by atoms with Gasteiger partial charge in [0.25, 0.3) is 5.91 Å². The lowest BCUT2D eigenvalue weighted by Gasteiger charge is -2.14. The molecule has 3 rings (SSSR count). The van der Waals surface area contributed by atoms with Crippen LogP contribution in [0.25, 0.3) is 11.0 Å². The van der Waals surface area contributed by atoms with Gasteiger partial charge >= 0.3 is 0 Å². The first kappa shape index (κ1) is 14.9. The smallest absolute Gasteiger partial charge is 0.267 e. The van der Waals surface area contributed by atoms with Crippen molar-refractivity contribution < 1.29 is 13.6 Å². The Hall–Kier alpha value is -2.02. The molecule has 0 aromatic carbocycles. The third kappa shape index (κ3) is 2.81. The third-order valence-electron chi connectivity index (χ3n) is 4.14. The summed E-state index contributed by atoms with van der Waals surface area (Å²) in [6.07, 6.45) is 2.03. The van der Waals surface area contributed by atoms with Gasteiger partial charge in [-0.25, -0.2) is 13.8 Å².